The summed E-state index contributed by atoms with van der Waals surface area (Å²) in [6.07, 6.45) is 3.42. The van der Waals surface area contributed by atoms with Crippen molar-refractivity contribution in [1.82, 2.24) is 15.5 Å². The summed E-state index contributed by atoms with van der Waals surface area (Å²) >= 11 is 0. The van der Waals surface area contributed by atoms with E-state index in [4.69, 9.17) is 5.11 Å². The molecule has 0 aliphatic heterocycles. The third kappa shape index (κ3) is 4.04. The van der Waals surface area contributed by atoms with Crippen LogP contribution in [-0.2, 0) is 0 Å². The van der Waals surface area contributed by atoms with Gasteiger partial charge in [-0.2, -0.15) is 5.10 Å². The van der Waals surface area contributed by atoms with Gasteiger partial charge < -0.3 is 10.4 Å². The van der Waals surface area contributed by atoms with Gasteiger partial charge in [-0.15, -0.1) is 0 Å². The Bertz CT molecular complexity index is 592. The molecule has 5 nitrogen and oxygen atoms in total. The standard InChI is InChI=1S/C16H23N3O2/c1-11(2)8-12(6-7-20)9-17-16(21)14-5-3-4-13-10-18-19-15(13)14/h3-5,10-12,20H,6-9H2,1-2H3,(H,17,21)(H,18,19). The second-order valence-corrected chi connectivity index (χ2v) is 5.86. The van der Waals surface area contributed by atoms with Crippen LogP contribution in [0.3, 0.4) is 0 Å². The predicted molar refractivity (Wildman–Crippen MR) is 83.1 cm³/mol. The summed E-state index contributed by atoms with van der Waals surface area (Å²) < 4.78 is 0. The van der Waals surface area contributed by atoms with Crippen LogP contribution in [0.25, 0.3) is 10.9 Å². The average Bonchev–Trinajstić information content (AvgIpc) is 2.92. The van der Waals surface area contributed by atoms with Crippen molar-refractivity contribution in [2.24, 2.45) is 11.8 Å². The number of hydrogen-bond acceptors (Lipinski definition) is 3. The van der Waals surface area contributed by atoms with Gasteiger partial charge >= 0.3 is 0 Å². The molecule has 0 fully saturated rings. The highest BCUT2D eigenvalue weighted by Gasteiger charge is 2.15. The molecule has 1 unspecified atom stereocenters. The number of aliphatic hydroxyl groups is 1. The smallest absolute Gasteiger partial charge is 0.253 e. The minimum absolute atomic E-state index is 0.100. The van der Waals surface area contributed by atoms with Gasteiger partial charge in [-0.3, -0.25) is 9.89 Å². The lowest BCUT2D eigenvalue weighted by Gasteiger charge is -2.18. The molecule has 0 saturated carbocycles. The number of aliphatic hydroxyl groups excluding tert-OH is 1. The van der Waals surface area contributed by atoms with E-state index in [1.165, 1.54) is 0 Å². The van der Waals surface area contributed by atoms with Gasteiger partial charge in [0.15, 0.2) is 0 Å². The maximum absolute atomic E-state index is 12.3. The summed E-state index contributed by atoms with van der Waals surface area (Å²) in [5, 5.41) is 19.9. The number of para-hydroxylation sites is 1. The zero-order valence-corrected chi connectivity index (χ0v) is 12.6. The van der Waals surface area contributed by atoms with Crippen LogP contribution in [-0.4, -0.2) is 34.4 Å². The van der Waals surface area contributed by atoms with Crippen LogP contribution >= 0.6 is 0 Å². The van der Waals surface area contributed by atoms with Crippen molar-refractivity contribution >= 4 is 16.8 Å². The van der Waals surface area contributed by atoms with Crippen molar-refractivity contribution in [3.8, 4) is 0 Å². The number of fused-ring (bicyclic) bond motifs is 1. The summed E-state index contributed by atoms with van der Waals surface area (Å²) in [7, 11) is 0. The first-order valence-electron chi connectivity index (χ1n) is 7.43. The molecule has 114 valence electrons. The number of nitrogens with one attached hydrogen (secondary N) is 2. The van der Waals surface area contributed by atoms with E-state index in [9.17, 15) is 4.79 Å². The number of H-pyrrole nitrogens is 1. The van der Waals surface area contributed by atoms with Gasteiger partial charge in [0.25, 0.3) is 5.91 Å². The third-order valence-corrected chi connectivity index (χ3v) is 3.61. The fourth-order valence-electron chi connectivity index (χ4n) is 2.64. The summed E-state index contributed by atoms with van der Waals surface area (Å²) in [5.74, 6) is 0.756. The molecule has 0 bridgehead atoms. The minimum atomic E-state index is -0.100. The van der Waals surface area contributed by atoms with Crippen LogP contribution in [0.4, 0.5) is 0 Å². The Balaban J connectivity index is 2.02. The third-order valence-electron chi connectivity index (χ3n) is 3.61. The Morgan fingerprint density at radius 2 is 2.24 bits per heavy atom. The van der Waals surface area contributed by atoms with E-state index in [1.54, 1.807) is 12.3 Å². The average molecular weight is 289 g/mol. The monoisotopic (exact) mass is 289 g/mol. The molecule has 1 atom stereocenters. The van der Waals surface area contributed by atoms with Gasteiger partial charge in [0.2, 0.25) is 0 Å². The quantitative estimate of drug-likeness (QED) is 0.732. The number of carbonyl (C=O) groups excluding carboxylic acids is 1. The minimum Gasteiger partial charge on any atom is -0.396 e. The highest BCUT2D eigenvalue weighted by Crippen LogP contribution is 2.17. The number of rotatable bonds is 7. The van der Waals surface area contributed by atoms with Crippen molar-refractivity contribution in [3.63, 3.8) is 0 Å². The molecule has 1 aromatic heterocycles. The van der Waals surface area contributed by atoms with Crippen LogP contribution < -0.4 is 5.32 Å². The Morgan fingerprint density at radius 1 is 1.43 bits per heavy atom. The van der Waals surface area contributed by atoms with Gasteiger partial charge in [-0.1, -0.05) is 26.0 Å². The molecular formula is C16H23N3O2. The highest BCUT2D eigenvalue weighted by atomic mass is 16.3. The van der Waals surface area contributed by atoms with Gasteiger partial charge in [0.1, 0.15) is 0 Å². The number of nitrogens with zero attached hydrogens (tertiary/aromatic N) is 1. The topological polar surface area (TPSA) is 78.0 Å². The second-order valence-electron chi connectivity index (χ2n) is 5.86. The van der Waals surface area contributed by atoms with Crippen molar-refractivity contribution in [2.75, 3.05) is 13.2 Å². The number of hydrogen-bond donors (Lipinski definition) is 3. The van der Waals surface area contributed by atoms with E-state index in [1.807, 2.05) is 12.1 Å². The Morgan fingerprint density at radius 3 is 2.95 bits per heavy atom. The number of aromatic amines is 1. The Labute approximate surface area is 124 Å². The molecule has 0 aliphatic carbocycles. The lowest BCUT2D eigenvalue weighted by molar-refractivity contribution is 0.0943. The molecule has 5 heteroatoms. The molecule has 0 aliphatic rings. The van der Waals surface area contributed by atoms with Crippen molar-refractivity contribution in [2.45, 2.75) is 26.7 Å². The Kier molecular flexibility index (Phi) is 5.33. The zero-order chi connectivity index (χ0) is 15.2. The lowest BCUT2D eigenvalue weighted by Crippen LogP contribution is -2.30. The van der Waals surface area contributed by atoms with Crippen molar-refractivity contribution < 1.29 is 9.90 Å². The first-order valence-corrected chi connectivity index (χ1v) is 7.43. The largest absolute Gasteiger partial charge is 0.396 e. The molecule has 3 N–H and O–H groups in total. The van der Waals surface area contributed by atoms with E-state index in [2.05, 4.69) is 29.4 Å². The normalized spacial score (nSPS) is 12.8. The van der Waals surface area contributed by atoms with E-state index in [0.717, 1.165) is 17.3 Å². The van der Waals surface area contributed by atoms with Gasteiger partial charge in [-0.05, 0) is 30.7 Å². The summed E-state index contributed by atoms with van der Waals surface area (Å²) in [6.45, 7) is 5.04. The predicted octanol–water partition coefficient (Wildman–Crippen LogP) is 2.34. The molecule has 21 heavy (non-hydrogen) atoms. The van der Waals surface area contributed by atoms with Crippen LogP contribution in [0.2, 0.25) is 0 Å². The first-order chi connectivity index (χ1) is 10.1. The molecule has 2 rings (SSSR count). The number of benzene rings is 1. The van der Waals surface area contributed by atoms with Gasteiger partial charge in [-0.25, -0.2) is 0 Å². The molecule has 0 spiro atoms. The van der Waals surface area contributed by atoms with E-state index in [-0.39, 0.29) is 12.5 Å². The van der Waals surface area contributed by atoms with Crippen molar-refractivity contribution in [3.05, 3.63) is 30.0 Å². The van der Waals surface area contributed by atoms with Crippen molar-refractivity contribution in [1.29, 1.82) is 0 Å². The number of carbonyl (C=O) groups is 1. The van der Waals surface area contributed by atoms with Gasteiger partial charge in [0.05, 0.1) is 17.3 Å². The second kappa shape index (κ2) is 7.22. The number of amides is 1. The maximum Gasteiger partial charge on any atom is 0.253 e. The summed E-state index contributed by atoms with van der Waals surface area (Å²) in [6, 6.07) is 5.56. The molecule has 0 saturated heterocycles. The molecule has 0 radical (unpaired) electrons. The highest BCUT2D eigenvalue weighted by molar-refractivity contribution is 6.05. The Hall–Kier alpha value is -1.88. The van der Waals surface area contributed by atoms with Crippen LogP contribution in [0, 0.1) is 11.8 Å². The zero-order valence-electron chi connectivity index (χ0n) is 12.6. The SMILES string of the molecule is CC(C)CC(CCO)CNC(=O)c1cccc2cn[nH]c12. The maximum atomic E-state index is 12.3. The molecule has 1 heterocycles. The van der Waals surface area contributed by atoms with Crippen LogP contribution in [0.1, 0.15) is 37.0 Å². The van der Waals surface area contributed by atoms with Gasteiger partial charge in [0, 0.05) is 18.5 Å². The summed E-state index contributed by atoms with van der Waals surface area (Å²) in [4.78, 5) is 12.3. The molecule has 1 amide bonds. The van der Waals surface area contributed by atoms with Crippen LogP contribution in [0.5, 0.6) is 0 Å². The number of aromatic nitrogens is 2. The van der Waals surface area contributed by atoms with Crippen LogP contribution in [0.15, 0.2) is 24.4 Å². The van der Waals surface area contributed by atoms with E-state index < -0.39 is 0 Å². The molecule has 2 aromatic rings. The molecular weight excluding hydrogens is 266 g/mol. The first kappa shape index (κ1) is 15.5. The lowest BCUT2D eigenvalue weighted by atomic mass is 9.94. The molecule has 1 aromatic carbocycles. The fourth-order valence-corrected chi connectivity index (χ4v) is 2.64. The fraction of sp³-hybridized carbons (Fsp3) is 0.500. The van der Waals surface area contributed by atoms with E-state index >= 15 is 0 Å². The van der Waals surface area contributed by atoms with E-state index in [0.29, 0.717) is 30.4 Å². The summed E-state index contributed by atoms with van der Waals surface area (Å²) in [5.41, 5.74) is 1.37.